The number of amides is 2. The van der Waals surface area contributed by atoms with Crippen molar-refractivity contribution in [3.8, 4) is 5.75 Å². The molecule has 40 heavy (non-hydrogen) atoms. The average molecular weight is 566 g/mol. The first-order chi connectivity index (χ1) is 19.1. The molecular formula is C31H39N3O5S. The van der Waals surface area contributed by atoms with Crippen LogP contribution >= 0.6 is 0 Å². The van der Waals surface area contributed by atoms with Gasteiger partial charge in [-0.2, -0.15) is 0 Å². The summed E-state index contributed by atoms with van der Waals surface area (Å²) < 4.78 is 34.4. The van der Waals surface area contributed by atoms with Gasteiger partial charge in [-0.05, 0) is 49.1 Å². The van der Waals surface area contributed by atoms with Gasteiger partial charge >= 0.3 is 0 Å². The molecule has 0 saturated heterocycles. The van der Waals surface area contributed by atoms with Gasteiger partial charge in [0, 0.05) is 13.1 Å². The molecule has 9 heteroatoms. The Morgan fingerprint density at radius 1 is 0.925 bits per heavy atom. The summed E-state index contributed by atoms with van der Waals surface area (Å²) >= 11 is 0. The molecule has 8 nitrogen and oxygen atoms in total. The minimum absolute atomic E-state index is 0.0421. The maximum absolute atomic E-state index is 14.1. The van der Waals surface area contributed by atoms with E-state index in [2.05, 4.69) is 5.32 Å². The van der Waals surface area contributed by atoms with Gasteiger partial charge in [0.2, 0.25) is 11.8 Å². The van der Waals surface area contributed by atoms with Gasteiger partial charge in [0.05, 0.1) is 17.7 Å². The zero-order chi connectivity index (χ0) is 29.3. The fourth-order valence-electron chi connectivity index (χ4n) is 4.30. The molecule has 0 aliphatic carbocycles. The van der Waals surface area contributed by atoms with Crippen LogP contribution in [0.3, 0.4) is 0 Å². The van der Waals surface area contributed by atoms with Gasteiger partial charge < -0.3 is 15.0 Å². The Hall–Kier alpha value is -3.85. The summed E-state index contributed by atoms with van der Waals surface area (Å²) in [4.78, 5) is 28.9. The highest BCUT2D eigenvalue weighted by molar-refractivity contribution is 7.92. The fourth-order valence-corrected chi connectivity index (χ4v) is 5.75. The highest BCUT2D eigenvalue weighted by Gasteiger charge is 2.34. The molecule has 0 aliphatic rings. The summed E-state index contributed by atoms with van der Waals surface area (Å²) in [6.45, 7) is 7.91. The monoisotopic (exact) mass is 565 g/mol. The molecule has 0 fully saturated rings. The Labute approximate surface area is 238 Å². The number of benzene rings is 3. The van der Waals surface area contributed by atoms with Crippen LogP contribution in [0.4, 0.5) is 5.69 Å². The number of rotatable bonds is 13. The average Bonchev–Trinajstić information content (AvgIpc) is 2.95. The standard InChI is InChI=1S/C31H39N3O5S/c1-6-27(31(36)32-20-23(2)3)33(21-25-18-16-24(4)17-19-25)30(35)22-34(28-14-10-11-15-29(28)39-5)40(37,38)26-12-8-7-9-13-26/h7-19,23,27H,6,20-22H2,1-5H3,(H,32,36)/t27-/m1/s1. The first kappa shape index (κ1) is 30.7. The molecule has 0 heterocycles. The minimum Gasteiger partial charge on any atom is -0.495 e. The Kier molecular flexibility index (Phi) is 10.7. The zero-order valence-corrected chi connectivity index (χ0v) is 24.6. The third-order valence-corrected chi connectivity index (χ3v) is 8.28. The molecule has 3 aromatic carbocycles. The zero-order valence-electron chi connectivity index (χ0n) is 23.8. The maximum Gasteiger partial charge on any atom is 0.264 e. The second-order valence-electron chi connectivity index (χ2n) is 10.1. The Morgan fingerprint density at radius 3 is 2.15 bits per heavy atom. The number of carbonyl (C=O) groups is 2. The van der Waals surface area contributed by atoms with Crippen molar-refractivity contribution in [3.05, 3.63) is 90.0 Å². The minimum atomic E-state index is -4.16. The van der Waals surface area contributed by atoms with Gasteiger partial charge in [0.1, 0.15) is 18.3 Å². The SMILES string of the molecule is CC[C@H](C(=O)NCC(C)C)N(Cc1ccc(C)cc1)C(=O)CN(c1ccccc1OC)S(=O)(=O)c1ccccc1. The fraction of sp³-hybridized carbons (Fsp3) is 0.355. The van der Waals surface area contributed by atoms with E-state index >= 15 is 0 Å². The molecule has 0 saturated carbocycles. The van der Waals surface area contributed by atoms with Gasteiger partial charge in [0.25, 0.3) is 10.0 Å². The van der Waals surface area contributed by atoms with Crippen molar-refractivity contribution in [2.24, 2.45) is 5.92 Å². The van der Waals surface area contributed by atoms with E-state index in [1.54, 1.807) is 42.5 Å². The van der Waals surface area contributed by atoms with Crippen LogP contribution in [0.15, 0.2) is 83.8 Å². The lowest BCUT2D eigenvalue weighted by Gasteiger charge is -2.33. The number of hydrogen-bond donors (Lipinski definition) is 1. The first-order valence-corrected chi connectivity index (χ1v) is 14.9. The summed E-state index contributed by atoms with van der Waals surface area (Å²) in [5, 5.41) is 2.94. The van der Waals surface area contributed by atoms with Gasteiger partial charge in [-0.3, -0.25) is 13.9 Å². The predicted octanol–water partition coefficient (Wildman–Crippen LogP) is 4.78. The third kappa shape index (κ3) is 7.63. The van der Waals surface area contributed by atoms with Crippen LogP contribution in [-0.2, 0) is 26.2 Å². The van der Waals surface area contributed by atoms with Crippen molar-refractivity contribution in [1.29, 1.82) is 0 Å². The summed E-state index contributed by atoms with van der Waals surface area (Å²) in [6, 6.07) is 21.5. The van der Waals surface area contributed by atoms with E-state index in [9.17, 15) is 18.0 Å². The van der Waals surface area contributed by atoms with Crippen molar-refractivity contribution >= 4 is 27.5 Å². The smallest absolute Gasteiger partial charge is 0.264 e. The largest absolute Gasteiger partial charge is 0.495 e. The molecular weight excluding hydrogens is 526 g/mol. The molecule has 0 bridgehead atoms. The van der Waals surface area contributed by atoms with E-state index in [4.69, 9.17) is 4.74 Å². The number of carbonyl (C=O) groups excluding carboxylic acids is 2. The molecule has 1 atom stereocenters. The topological polar surface area (TPSA) is 96.0 Å². The third-order valence-electron chi connectivity index (χ3n) is 6.51. The number of methoxy groups -OCH3 is 1. The van der Waals surface area contributed by atoms with Crippen LogP contribution in [0.2, 0.25) is 0 Å². The number of aryl methyl sites for hydroxylation is 1. The summed E-state index contributed by atoms with van der Waals surface area (Å²) in [6.07, 6.45) is 0.363. The van der Waals surface area contributed by atoms with Crippen molar-refractivity contribution in [1.82, 2.24) is 10.2 Å². The van der Waals surface area contributed by atoms with E-state index in [-0.39, 0.29) is 29.0 Å². The highest BCUT2D eigenvalue weighted by Crippen LogP contribution is 2.32. The number of sulfonamides is 1. The van der Waals surface area contributed by atoms with Crippen LogP contribution in [0, 0.1) is 12.8 Å². The van der Waals surface area contributed by atoms with E-state index in [1.165, 1.54) is 24.1 Å². The molecule has 0 radical (unpaired) electrons. The second-order valence-corrected chi connectivity index (χ2v) is 11.9. The van der Waals surface area contributed by atoms with Crippen LogP contribution in [0.1, 0.15) is 38.3 Å². The van der Waals surface area contributed by atoms with Crippen LogP contribution in [-0.4, -0.2) is 51.4 Å². The lowest BCUT2D eigenvalue weighted by atomic mass is 10.1. The number of anilines is 1. The number of hydrogen-bond acceptors (Lipinski definition) is 5. The van der Waals surface area contributed by atoms with Crippen molar-refractivity contribution < 1.29 is 22.7 Å². The Morgan fingerprint density at radius 2 is 1.55 bits per heavy atom. The maximum atomic E-state index is 14.1. The molecule has 1 N–H and O–H groups in total. The molecule has 0 aliphatic heterocycles. The predicted molar refractivity (Wildman–Crippen MR) is 158 cm³/mol. The highest BCUT2D eigenvalue weighted by atomic mass is 32.2. The molecule has 0 spiro atoms. The van der Waals surface area contributed by atoms with Crippen LogP contribution in [0.25, 0.3) is 0 Å². The van der Waals surface area contributed by atoms with E-state index in [0.29, 0.717) is 18.7 Å². The molecule has 3 aromatic rings. The molecule has 214 valence electrons. The van der Waals surface area contributed by atoms with Gasteiger partial charge in [-0.25, -0.2) is 8.42 Å². The molecule has 0 aromatic heterocycles. The van der Waals surface area contributed by atoms with Crippen LogP contribution in [0.5, 0.6) is 5.75 Å². The normalized spacial score (nSPS) is 12.1. The Bertz CT molecular complexity index is 1380. The number of nitrogens with zero attached hydrogens (tertiary/aromatic N) is 2. The lowest BCUT2D eigenvalue weighted by Crippen LogP contribution is -2.52. The second kappa shape index (κ2) is 14.0. The Balaban J connectivity index is 2.06. The molecule has 0 unspecified atom stereocenters. The van der Waals surface area contributed by atoms with Gasteiger partial charge in [0.15, 0.2) is 0 Å². The van der Waals surface area contributed by atoms with Gasteiger partial charge in [-0.1, -0.05) is 80.9 Å². The van der Waals surface area contributed by atoms with Crippen molar-refractivity contribution in [3.63, 3.8) is 0 Å². The number of nitrogens with one attached hydrogen (secondary N) is 1. The summed E-state index contributed by atoms with van der Waals surface area (Å²) in [7, 11) is -2.71. The van der Waals surface area contributed by atoms with E-state index in [0.717, 1.165) is 15.4 Å². The van der Waals surface area contributed by atoms with Crippen molar-refractivity contribution in [2.75, 3.05) is 24.5 Å². The molecule has 3 rings (SSSR count). The summed E-state index contributed by atoms with van der Waals surface area (Å²) in [5.41, 5.74) is 2.14. The summed E-state index contributed by atoms with van der Waals surface area (Å²) in [5.74, 6) is -0.231. The number of ether oxygens (including phenoxy) is 1. The first-order valence-electron chi connectivity index (χ1n) is 13.4. The van der Waals surface area contributed by atoms with E-state index in [1.807, 2.05) is 52.0 Å². The quantitative estimate of drug-likeness (QED) is 0.322. The number of para-hydroxylation sites is 2. The molecule has 2 amide bonds. The van der Waals surface area contributed by atoms with E-state index < -0.39 is 28.5 Å². The van der Waals surface area contributed by atoms with Crippen molar-refractivity contribution in [2.45, 2.75) is 51.6 Å². The van der Waals surface area contributed by atoms with Gasteiger partial charge in [-0.15, -0.1) is 0 Å². The van der Waals surface area contributed by atoms with Crippen LogP contribution < -0.4 is 14.4 Å². The lowest BCUT2D eigenvalue weighted by molar-refractivity contribution is -0.140.